The number of fused-ring (bicyclic) bond motifs is 1. The van der Waals surface area contributed by atoms with E-state index in [0.29, 0.717) is 15.4 Å². The summed E-state index contributed by atoms with van der Waals surface area (Å²) in [7, 11) is 0. The molecule has 0 saturated carbocycles. The molecule has 1 aliphatic heterocycles. The number of carboxylic acid groups (broad SMARTS) is 1. The van der Waals surface area contributed by atoms with Crippen LogP contribution in [0.3, 0.4) is 0 Å². The van der Waals surface area contributed by atoms with Crippen LogP contribution < -0.4 is 5.32 Å². The van der Waals surface area contributed by atoms with Gasteiger partial charge < -0.3 is 15.2 Å². The molecule has 0 unspecified atom stereocenters. The second-order valence-electron chi connectivity index (χ2n) is 7.53. The predicted octanol–water partition coefficient (Wildman–Crippen LogP) is 4.74. The van der Waals surface area contributed by atoms with E-state index < -0.39 is 17.7 Å². The molecule has 1 amide bonds. The van der Waals surface area contributed by atoms with E-state index in [4.69, 9.17) is 4.74 Å². The number of ketones is 1. The largest absolute Gasteiger partial charge is 0.478 e. The average Bonchev–Trinajstić information content (AvgIpc) is 2.95. The van der Waals surface area contributed by atoms with E-state index in [0.717, 1.165) is 11.1 Å². The summed E-state index contributed by atoms with van der Waals surface area (Å²) in [5.74, 6) is -1.25. The molecule has 2 N–H and O–H groups in total. The van der Waals surface area contributed by atoms with Crippen LogP contribution in [0.25, 0.3) is 6.08 Å². The molecule has 0 aromatic heterocycles. The van der Waals surface area contributed by atoms with E-state index in [1.54, 1.807) is 39.0 Å². The summed E-state index contributed by atoms with van der Waals surface area (Å²) in [5, 5.41) is 12.0. The Kier molecular flexibility index (Phi) is 5.79. The molecule has 2 aromatic carbocycles. The van der Waals surface area contributed by atoms with Crippen molar-refractivity contribution >= 4 is 35.7 Å². The zero-order valence-electron chi connectivity index (χ0n) is 16.3. The van der Waals surface area contributed by atoms with Crippen LogP contribution in [0.1, 0.15) is 52.6 Å². The van der Waals surface area contributed by atoms with Gasteiger partial charge in [-0.2, -0.15) is 0 Å². The SMILES string of the molecule is CC(C)(C)OC(=O)NCc1cccc(/C=C2\Sc3c(C(=O)O)cccc3C2=O)c1. The monoisotopic (exact) mass is 411 g/mol. The van der Waals surface area contributed by atoms with Gasteiger partial charge >= 0.3 is 12.1 Å². The Labute approximate surface area is 173 Å². The van der Waals surface area contributed by atoms with Gasteiger partial charge in [0.25, 0.3) is 0 Å². The number of alkyl carbamates (subject to hydrolysis) is 1. The maximum absolute atomic E-state index is 12.7. The number of nitrogens with one attached hydrogen (secondary N) is 1. The topological polar surface area (TPSA) is 92.7 Å². The molecule has 6 nitrogen and oxygen atoms in total. The fraction of sp³-hybridized carbons (Fsp3) is 0.227. The third kappa shape index (κ3) is 5.06. The van der Waals surface area contributed by atoms with Crippen molar-refractivity contribution in [3.05, 3.63) is 69.6 Å². The summed E-state index contributed by atoms with van der Waals surface area (Å²) in [6, 6.07) is 12.1. The molecule has 3 rings (SSSR count). The Morgan fingerprint density at radius 1 is 1.17 bits per heavy atom. The average molecular weight is 411 g/mol. The molecule has 0 fully saturated rings. The fourth-order valence-electron chi connectivity index (χ4n) is 2.81. The van der Waals surface area contributed by atoms with E-state index in [-0.39, 0.29) is 17.9 Å². The summed E-state index contributed by atoms with van der Waals surface area (Å²) < 4.78 is 5.22. The smallest absolute Gasteiger partial charge is 0.407 e. The van der Waals surface area contributed by atoms with E-state index in [2.05, 4.69) is 5.32 Å². The summed E-state index contributed by atoms with van der Waals surface area (Å²) in [6.45, 7) is 5.67. The van der Waals surface area contributed by atoms with Crippen molar-refractivity contribution in [2.75, 3.05) is 0 Å². The number of hydrogen-bond acceptors (Lipinski definition) is 5. The highest BCUT2D eigenvalue weighted by molar-refractivity contribution is 8.05. The number of carbonyl (C=O) groups is 3. The molecule has 29 heavy (non-hydrogen) atoms. The van der Waals surface area contributed by atoms with Gasteiger partial charge in [-0.15, -0.1) is 0 Å². The minimum absolute atomic E-state index is 0.125. The molecule has 7 heteroatoms. The molecular weight excluding hydrogens is 390 g/mol. The standard InChI is InChI=1S/C22H21NO5S/c1-22(2,3)28-21(27)23-12-14-7-4-6-13(10-14)11-17-18(24)15-8-5-9-16(20(25)26)19(15)29-17/h4-11H,12H2,1-3H3,(H,23,27)(H,25,26)/b17-11-. The summed E-state index contributed by atoms with van der Waals surface area (Å²) in [5.41, 5.74) is 1.60. The highest BCUT2D eigenvalue weighted by Crippen LogP contribution is 2.42. The summed E-state index contributed by atoms with van der Waals surface area (Å²) in [6.07, 6.45) is 1.23. The second kappa shape index (κ2) is 8.13. The van der Waals surface area contributed by atoms with Crippen LogP contribution in [0.5, 0.6) is 0 Å². The van der Waals surface area contributed by atoms with Gasteiger partial charge in [0.05, 0.1) is 10.5 Å². The molecular formula is C22H21NO5S. The molecule has 1 aliphatic rings. The lowest BCUT2D eigenvalue weighted by molar-refractivity contribution is 0.0522. The number of benzene rings is 2. The number of ether oxygens (including phenoxy) is 1. The molecule has 0 spiro atoms. The number of aromatic carboxylic acids is 1. The Hall–Kier alpha value is -3.06. The molecule has 2 aromatic rings. The van der Waals surface area contributed by atoms with Crippen molar-refractivity contribution in [3.63, 3.8) is 0 Å². The predicted molar refractivity (Wildman–Crippen MR) is 111 cm³/mol. The lowest BCUT2D eigenvalue weighted by Gasteiger charge is -2.19. The molecule has 0 saturated heterocycles. The number of carboxylic acids is 1. The van der Waals surface area contributed by atoms with Crippen LogP contribution in [0.2, 0.25) is 0 Å². The summed E-state index contributed by atoms with van der Waals surface area (Å²) >= 11 is 1.17. The van der Waals surface area contributed by atoms with Crippen LogP contribution >= 0.6 is 11.8 Å². The van der Waals surface area contributed by atoms with Crippen molar-refractivity contribution in [2.24, 2.45) is 0 Å². The van der Waals surface area contributed by atoms with E-state index in [1.807, 2.05) is 24.3 Å². The molecule has 0 atom stereocenters. The van der Waals surface area contributed by atoms with Crippen LogP contribution in [0.15, 0.2) is 52.3 Å². The first-order chi connectivity index (χ1) is 13.6. The maximum Gasteiger partial charge on any atom is 0.407 e. The number of thioether (sulfide) groups is 1. The van der Waals surface area contributed by atoms with Crippen LogP contribution in [0, 0.1) is 0 Å². The molecule has 1 heterocycles. The van der Waals surface area contributed by atoms with Crippen LogP contribution in [-0.2, 0) is 11.3 Å². The van der Waals surface area contributed by atoms with Gasteiger partial charge in [-0.1, -0.05) is 36.0 Å². The quantitative estimate of drug-likeness (QED) is 0.706. The zero-order valence-corrected chi connectivity index (χ0v) is 17.1. The molecule has 150 valence electrons. The first-order valence-corrected chi connectivity index (χ1v) is 9.82. The number of Topliss-reactive ketones (excluding diaryl/α,β-unsaturated/α-hetero) is 1. The minimum atomic E-state index is -1.06. The van der Waals surface area contributed by atoms with Gasteiger partial charge in [0, 0.05) is 17.0 Å². The highest BCUT2D eigenvalue weighted by atomic mass is 32.2. The lowest BCUT2D eigenvalue weighted by atomic mass is 10.1. The summed E-state index contributed by atoms with van der Waals surface area (Å²) in [4.78, 5) is 36.8. The van der Waals surface area contributed by atoms with Crippen molar-refractivity contribution in [2.45, 2.75) is 37.8 Å². The highest BCUT2D eigenvalue weighted by Gasteiger charge is 2.29. The minimum Gasteiger partial charge on any atom is -0.478 e. The Morgan fingerprint density at radius 2 is 1.90 bits per heavy atom. The van der Waals surface area contributed by atoms with E-state index in [1.165, 1.54) is 17.8 Å². The van der Waals surface area contributed by atoms with Gasteiger partial charge in [0.1, 0.15) is 5.60 Å². The Balaban J connectivity index is 1.76. The first kappa shape index (κ1) is 20.7. The zero-order chi connectivity index (χ0) is 21.2. The molecule has 0 aliphatic carbocycles. The third-order valence-electron chi connectivity index (χ3n) is 4.01. The van der Waals surface area contributed by atoms with Crippen molar-refractivity contribution in [1.82, 2.24) is 5.32 Å². The van der Waals surface area contributed by atoms with Crippen LogP contribution in [-0.4, -0.2) is 28.6 Å². The van der Waals surface area contributed by atoms with Gasteiger partial charge in [-0.05, 0) is 56.2 Å². The van der Waals surface area contributed by atoms with E-state index in [9.17, 15) is 19.5 Å². The Morgan fingerprint density at radius 3 is 2.59 bits per heavy atom. The van der Waals surface area contributed by atoms with Gasteiger partial charge in [-0.25, -0.2) is 9.59 Å². The van der Waals surface area contributed by atoms with Gasteiger partial charge in [0.15, 0.2) is 0 Å². The maximum atomic E-state index is 12.7. The second-order valence-corrected chi connectivity index (χ2v) is 8.58. The molecule has 0 radical (unpaired) electrons. The molecule has 0 bridgehead atoms. The fourth-order valence-corrected chi connectivity index (χ4v) is 3.96. The van der Waals surface area contributed by atoms with Gasteiger partial charge in [0.2, 0.25) is 5.78 Å². The van der Waals surface area contributed by atoms with Crippen molar-refractivity contribution in [3.8, 4) is 0 Å². The third-order valence-corrected chi connectivity index (χ3v) is 5.18. The van der Waals surface area contributed by atoms with E-state index >= 15 is 0 Å². The normalized spacial score (nSPS) is 14.6. The number of carbonyl (C=O) groups excluding carboxylic acids is 2. The lowest BCUT2D eigenvalue weighted by Crippen LogP contribution is -2.32. The number of allylic oxidation sites excluding steroid dienone is 1. The van der Waals surface area contributed by atoms with Gasteiger partial charge in [-0.3, -0.25) is 4.79 Å². The van der Waals surface area contributed by atoms with Crippen molar-refractivity contribution in [1.29, 1.82) is 0 Å². The number of amides is 1. The first-order valence-electron chi connectivity index (χ1n) is 9.00. The number of rotatable bonds is 4. The van der Waals surface area contributed by atoms with Crippen LogP contribution in [0.4, 0.5) is 4.79 Å². The Bertz CT molecular complexity index is 1020. The van der Waals surface area contributed by atoms with Crippen molar-refractivity contribution < 1.29 is 24.2 Å². The number of hydrogen-bond donors (Lipinski definition) is 2.